The molecule has 0 fully saturated rings. The van der Waals surface area contributed by atoms with Gasteiger partial charge < -0.3 is 34.2 Å². The van der Waals surface area contributed by atoms with Crippen molar-refractivity contribution < 1.29 is 75.8 Å². The van der Waals surface area contributed by atoms with Gasteiger partial charge in [-0.3, -0.25) is 32.5 Å². The van der Waals surface area contributed by atoms with Crippen molar-refractivity contribution in [1.29, 1.82) is 0 Å². The molecule has 5 unspecified atom stereocenters. The Morgan fingerprint density at radius 3 is 0.851 bits per heavy atom. The van der Waals surface area contributed by atoms with Crippen molar-refractivity contribution in [2.75, 3.05) is 39.6 Å². The minimum absolute atomic E-state index is 0.0740. The number of rotatable bonds is 72. The van der Waals surface area contributed by atoms with E-state index in [1.165, 1.54) is 77.0 Å². The van der Waals surface area contributed by atoms with E-state index in [4.69, 9.17) is 32.3 Å². The van der Waals surface area contributed by atoms with Crippen LogP contribution in [-0.2, 0) is 55.8 Å². The largest absolute Gasteiger partial charge is 0.472 e. The normalized spacial score (nSPS) is 14.9. The average Bonchev–Trinajstić information content (AvgIpc) is 1.09. The minimum atomic E-state index is -4.95. The number of phosphoric ester groups is 2. The van der Waals surface area contributed by atoms with E-state index < -0.39 is 91.5 Å². The topological polar surface area (TPSA) is 231 Å². The van der Waals surface area contributed by atoms with E-state index in [2.05, 4.69) is 179 Å². The third kappa shape index (κ3) is 76.1. The van der Waals surface area contributed by atoms with Crippen LogP contribution in [0.3, 0.4) is 0 Å². The number of ether oxygens (including phenoxy) is 3. The zero-order valence-electron chi connectivity index (χ0n) is 62.8. The van der Waals surface area contributed by atoms with Crippen LogP contribution >= 0.6 is 15.6 Å². The van der Waals surface area contributed by atoms with E-state index in [1.54, 1.807) is 0 Å². The molecule has 0 bridgehead atoms. The highest BCUT2D eigenvalue weighted by Crippen LogP contribution is 2.45. The van der Waals surface area contributed by atoms with Gasteiger partial charge in [0.25, 0.3) is 0 Å². The van der Waals surface area contributed by atoms with Crippen molar-refractivity contribution in [2.24, 2.45) is 0 Å². The van der Waals surface area contributed by atoms with Crippen LogP contribution in [0.5, 0.6) is 0 Å². The van der Waals surface area contributed by atoms with E-state index in [-0.39, 0.29) is 19.3 Å². The van der Waals surface area contributed by atoms with Crippen LogP contribution in [0, 0.1) is 0 Å². The van der Waals surface area contributed by atoms with Crippen molar-refractivity contribution in [3.63, 3.8) is 0 Å². The van der Waals surface area contributed by atoms with Crippen molar-refractivity contribution in [1.82, 2.24) is 0 Å². The first-order valence-electron chi connectivity index (χ1n) is 38.8. The second-order valence-corrected chi connectivity index (χ2v) is 28.3. The lowest BCUT2D eigenvalue weighted by atomic mass is 10.0. The second-order valence-electron chi connectivity index (χ2n) is 25.4. The van der Waals surface area contributed by atoms with E-state index in [1.807, 2.05) is 0 Å². The van der Waals surface area contributed by atoms with Gasteiger partial charge >= 0.3 is 33.6 Å². The Balaban J connectivity index is 4.58. The summed E-state index contributed by atoms with van der Waals surface area (Å²) in [6.45, 7) is 2.35. The number of hydrogen-bond acceptors (Lipinski definition) is 14. The van der Waals surface area contributed by atoms with E-state index >= 15 is 0 Å². The lowest BCUT2D eigenvalue weighted by Crippen LogP contribution is -2.30. The highest BCUT2D eigenvalue weighted by Gasteiger charge is 2.29. The van der Waals surface area contributed by atoms with Gasteiger partial charge in [0.05, 0.1) is 26.4 Å². The molecule has 0 aliphatic rings. The molecule has 16 nitrogen and oxygen atoms in total. The molecule has 0 saturated carbocycles. The van der Waals surface area contributed by atoms with Crippen molar-refractivity contribution in [2.45, 2.75) is 309 Å². The molecule has 0 amide bonds. The number of aliphatic hydroxyl groups excluding tert-OH is 2. The molecule has 0 aromatic rings. The predicted molar refractivity (Wildman–Crippen MR) is 417 cm³/mol. The first-order chi connectivity index (χ1) is 49.2. The third-order valence-corrected chi connectivity index (χ3v) is 17.6. The monoisotopic (exact) mass is 1450 g/mol. The zero-order chi connectivity index (χ0) is 73.7. The van der Waals surface area contributed by atoms with Gasteiger partial charge in [0.15, 0.2) is 6.10 Å². The first-order valence-corrected chi connectivity index (χ1v) is 41.8. The van der Waals surface area contributed by atoms with Gasteiger partial charge in [0.1, 0.15) is 25.4 Å². The molecule has 101 heavy (non-hydrogen) atoms. The maximum absolute atomic E-state index is 12.9. The number of unbranched alkanes of at least 4 members (excludes halogenated alkanes) is 23. The Morgan fingerprint density at radius 1 is 0.287 bits per heavy atom. The quantitative estimate of drug-likeness (QED) is 0.0146. The van der Waals surface area contributed by atoms with Gasteiger partial charge in [0, 0.05) is 19.3 Å². The van der Waals surface area contributed by atoms with Crippen LogP contribution in [-0.4, -0.2) is 95.9 Å². The summed E-state index contributed by atoms with van der Waals surface area (Å²) in [5, 5.41) is 20.6. The van der Waals surface area contributed by atoms with E-state index in [9.17, 15) is 43.5 Å². The number of carbonyl (C=O) groups excluding carboxylic acids is 3. The van der Waals surface area contributed by atoms with Crippen molar-refractivity contribution >= 4 is 33.6 Å². The fourth-order valence-electron chi connectivity index (χ4n) is 9.87. The summed E-state index contributed by atoms with van der Waals surface area (Å²) in [6.07, 6.45) is 93.0. The molecule has 0 aromatic carbocycles. The standard InChI is InChI=1S/C83H138O16P2/c1-4-7-10-13-16-19-22-25-28-30-32-34-35-36-37-38-39-40-41-43-45-46-49-51-54-57-60-63-66-69-81(86)93-72-78(84)73-95-100(89,90)96-74-79(85)75-97-101(91,92)98-77-80(99-83(88)71-68-65-62-59-56-53-48-27-24-21-18-15-12-9-6-3)76-94-82(87)70-67-64-61-58-55-52-50-47-44-42-33-31-29-26-23-20-17-14-11-8-5-2/h7-8,10-11,16-21,25-29,32-34,36-37,42,47-48,50,55,58,78-80,84-85H,4-6,9,12-15,22-24,30-31,35,38-41,43-46,49,51-54,56-57,59-77H2,1-3H3,(H,89,90)(H,91,92)/b10-7-,11-8-,19-16-,20-17-,21-18-,28-25-,29-26-,34-32-,37-36-,42-33-,48-27-,50-47-,58-55-. The molecular weight excluding hydrogens is 1310 g/mol. The molecule has 0 rings (SSSR count). The summed E-state index contributed by atoms with van der Waals surface area (Å²) < 4.78 is 61.0. The van der Waals surface area contributed by atoms with Gasteiger partial charge in [-0.25, -0.2) is 9.13 Å². The van der Waals surface area contributed by atoms with Crippen LogP contribution in [0.2, 0.25) is 0 Å². The Hall–Kier alpha value is -4.83. The third-order valence-electron chi connectivity index (χ3n) is 15.7. The summed E-state index contributed by atoms with van der Waals surface area (Å²) in [5.41, 5.74) is 0. The van der Waals surface area contributed by atoms with E-state index in [0.717, 1.165) is 154 Å². The molecule has 0 saturated heterocycles. The molecule has 4 N–H and O–H groups in total. The summed E-state index contributed by atoms with van der Waals surface area (Å²) >= 11 is 0. The Labute approximate surface area is 612 Å². The molecule has 18 heteroatoms. The number of aliphatic hydroxyl groups is 2. The molecule has 5 atom stereocenters. The first kappa shape index (κ1) is 96.2. The van der Waals surface area contributed by atoms with Crippen LogP contribution < -0.4 is 0 Å². The molecule has 0 aromatic heterocycles. The number of hydrogen-bond donors (Lipinski definition) is 4. The zero-order valence-corrected chi connectivity index (χ0v) is 64.6. The molecule has 0 spiro atoms. The molecule has 0 aliphatic heterocycles. The number of phosphoric acid groups is 2. The lowest BCUT2D eigenvalue weighted by Gasteiger charge is -2.21. The highest BCUT2D eigenvalue weighted by molar-refractivity contribution is 7.47. The molecule has 0 aliphatic carbocycles. The van der Waals surface area contributed by atoms with Gasteiger partial charge in [0.2, 0.25) is 0 Å². The van der Waals surface area contributed by atoms with Gasteiger partial charge in [-0.05, 0) is 148 Å². The number of esters is 3. The SMILES string of the molecule is CC/C=C\C/C=C\C/C=C\C/C=C\C/C=C\C/C=C\CCCCC(=O)OCC(COP(=O)(O)OCC(O)COP(=O)(O)OCC(O)COC(=O)CCCCCCCCCCCCCCC/C=C\C/C=C\C/C=C\C/C=C\C/C=C\CC)OC(=O)CCCCCCC/C=C\C/C=C\CCCCC. The Bertz CT molecular complexity index is 2470. The van der Waals surface area contributed by atoms with Gasteiger partial charge in [-0.15, -0.1) is 0 Å². The highest BCUT2D eigenvalue weighted by atomic mass is 31.2. The number of allylic oxidation sites excluding steroid dienone is 26. The minimum Gasteiger partial charge on any atom is -0.463 e. The van der Waals surface area contributed by atoms with Crippen LogP contribution in [0.4, 0.5) is 0 Å². The van der Waals surface area contributed by atoms with Crippen LogP contribution in [0.15, 0.2) is 158 Å². The second kappa shape index (κ2) is 74.9. The number of carbonyl (C=O) groups is 3. The Morgan fingerprint density at radius 2 is 0.525 bits per heavy atom. The van der Waals surface area contributed by atoms with Gasteiger partial charge in [-0.2, -0.15) is 0 Å². The summed E-state index contributed by atoms with van der Waals surface area (Å²) in [7, 11) is -9.81. The molecule has 0 radical (unpaired) electrons. The maximum atomic E-state index is 12.9. The fourth-order valence-corrected chi connectivity index (χ4v) is 11.5. The lowest BCUT2D eigenvalue weighted by molar-refractivity contribution is -0.161. The summed E-state index contributed by atoms with van der Waals surface area (Å²) in [5.74, 6) is -1.65. The van der Waals surface area contributed by atoms with Crippen molar-refractivity contribution in [3.05, 3.63) is 158 Å². The van der Waals surface area contributed by atoms with Crippen LogP contribution in [0.25, 0.3) is 0 Å². The maximum Gasteiger partial charge on any atom is 0.472 e. The van der Waals surface area contributed by atoms with Crippen molar-refractivity contribution in [3.8, 4) is 0 Å². The molecular formula is C83H138O16P2. The Kier molecular flexibility index (Phi) is 71.3. The predicted octanol–water partition coefficient (Wildman–Crippen LogP) is 22.6. The van der Waals surface area contributed by atoms with E-state index in [0.29, 0.717) is 19.3 Å². The fraction of sp³-hybridized carbons (Fsp3) is 0.651. The molecule has 0 heterocycles. The smallest absolute Gasteiger partial charge is 0.463 e. The van der Waals surface area contributed by atoms with Gasteiger partial charge in [-0.1, -0.05) is 281 Å². The average molecular weight is 1450 g/mol. The van der Waals surface area contributed by atoms with Crippen LogP contribution in [0.1, 0.15) is 290 Å². The summed E-state index contributed by atoms with van der Waals surface area (Å²) in [4.78, 5) is 58.6. The summed E-state index contributed by atoms with van der Waals surface area (Å²) in [6, 6.07) is 0. The molecule has 576 valence electrons.